The second-order valence-corrected chi connectivity index (χ2v) is 8.04. The van der Waals surface area contributed by atoms with Crippen molar-refractivity contribution in [3.05, 3.63) is 60.2 Å². The molecule has 0 bridgehead atoms. The fraction of sp³-hybridized carbons (Fsp3) is 0.375. The number of amides is 1. The van der Waals surface area contributed by atoms with Crippen LogP contribution in [0.3, 0.4) is 0 Å². The average molecular weight is 405 g/mol. The van der Waals surface area contributed by atoms with Crippen LogP contribution in [0.1, 0.15) is 31.7 Å². The highest BCUT2D eigenvalue weighted by Crippen LogP contribution is 2.27. The van der Waals surface area contributed by atoms with Gasteiger partial charge in [-0.3, -0.25) is 14.6 Å². The number of carbonyl (C=O) groups excluding carboxylic acids is 2. The van der Waals surface area contributed by atoms with Gasteiger partial charge in [0.25, 0.3) is 5.91 Å². The molecule has 1 amide bonds. The molecule has 0 radical (unpaired) electrons. The molecular formula is C24H28N4O2. The van der Waals surface area contributed by atoms with Crippen molar-refractivity contribution in [3.8, 4) is 0 Å². The van der Waals surface area contributed by atoms with E-state index in [0.29, 0.717) is 18.7 Å². The zero-order valence-electron chi connectivity index (χ0n) is 17.6. The molecule has 6 heteroatoms. The Kier molecular flexibility index (Phi) is 5.84. The van der Waals surface area contributed by atoms with Crippen LogP contribution in [-0.2, 0) is 16.1 Å². The van der Waals surface area contributed by atoms with Crippen LogP contribution in [-0.4, -0.2) is 48.5 Å². The molecule has 0 spiro atoms. The van der Waals surface area contributed by atoms with E-state index in [1.165, 1.54) is 18.5 Å². The first-order valence-corrected chi connectivity index (χ1v) is 10.5. The fourth-order valence-corrected chi connectivity index (χ4v) is 4.23. The molecular weight excluding hydrogens is 376 g/mol. The molecule has 2 aromatic carbocycles. The Hall–Kier alpha value is -3.15. The maximum absolute atomic E-state index is 13.2. The molecule has 1 fully saturated rings. The molecule has 2 aliphatic heterocycles. The SMILES string of the molecule is CC(=O)C1CC(C(=O)N(C)Cc2ccccc2N2CCCC2)=NN1c1ccccc1. The van der Waals surface area contributed by atoms with E-state index in [2.05, 4.69) is 28.2 Å². The molecule has 1 saturated heterocycles. The highest BCUT2D eigenvalue weighted by Gasteiger charge is 2.35. The Balaban J connectivity index is 1.52. The van der Waals surface area contributed by atoms with Gasteiger partial charge in [0, 0.05) is 38.8 Å². The molecule has 2 aliphatic rings. The predicted octanol–water partition coefficient (Wildman–Crippen LogP) is 3.47. The van der Waals surface area contributed by atoms with Crippen LogP contribution in [0.15, 0.2) is 59.7 Å². The van der Waals surface area contributed by atoms with E-state index >= 15 is 0 Å². The number of carbonyl (C=O) groups is 2. The molecule has 4 rings (SSSR count). The third kappa shape index (κ3) is 4.08. The lowest BCUT2D eigenvalue weighted by molar-refractivity contribution is -0.123. The largest absolute Gasteiger partial charge is 0.371 e. The topological polar surface area (TPSA) is 56.2 Å². The first kappa shape index (κ1) is 20.1. The molecule has 0 saturated carbocycles. The number of nitrogens with zero attached hydrogens (tertiary/aromatic N) is 4. The predicted molar refractivity (Wildman–Crippen MR) is 120 cm³/mol. The van der Waals surface area contributed by atoms with E-state index in [1.807, 2.05) is 36.4 Å². The van der Waals surface area contributed by atoms with E-state index < -0.39 is 6.04 Å². The van der Waals surface area contributed by atoms with Crippen molar-refractivity contribution >= 4 is 28.8 Å². The minimum Gasteiger partial charge on any atom is -0.371 e. The summed E-state index contributed by atoms with van der Waals surface area (Å²) < 4.78 is 0. The van der Waals surface area contributed by atoms with Gasteiger partial charge in [0.15, 0.2) is 5.78 Å². The summed E-state index contributed by atoms with van der Waals surface area (Å²) in [4.78, 5) is 29.5. The van der Waals surface area contributed by atoms with Crippen LogP contribution in [0, 0.1) is 0 Å². The minimum absolute atomic E-state index is 0.00688. The molecule has 0 N–H and O–H groups in total. The van der Waals surface area contributed by atoms with Crippen molar-refractivity contribution in [2.24, 2.45) is 5.10 Å². The van der Waals surface area contributed by atoms with E-state index in [-0.39, 0.29) is 11.7 Å². The lowest BCUT2D eigenvalue weighted by Crippen LogP contribution is -2.35. The van der Waals surface area contributed by atoms with Gasteiger partial charge in [0.1, 0.15) is 11.8 Å². The summed E-state index contributed by atoms with van der Waals surface area (Å²) in [5.74, 6) is -0.122. The van der Waals surface area contributed by atoms with Crippen molar-refractivity contribution < 1.29 is 9.59 Å². The van der Waals surface area contributed by atoms with E-state index in [4.69, 9.17) is 0 Å². The van der Waals surface area contributed by atoms with Gasteiger partial charge in [0.05, 0.1) is 5.69 Å². The number of rotatable bonds is 6. The highest BCUT2D eigenvalue weighted by atomic mass is 16.2. The van der Waals surface area contributed by atoms with E-state index in [1.54, 1.807) is 23.9 Å². The maximum atomic E-state index is 13.2. The quantitative estimate of drug-likeness (QED) is 0.740. The first-order chi connectivity index (χ1) is 14.5. The molecule has 1 unspecified atom stereocenters. The number of hydrazone groups is 1. The summed E-state index contributed by atoms with van der Waals surface area (Å²) >= 11 is 0. The molecule has 2 heterocycles. The number of hydrogen-bond acceptors (Lipinski definition) is 5. The van der Waals surface area contributed by atoms with Crippen molar-refractivity contribution in [2.75, 3.05) is 30.0 Å². The number of anilines is 2. The molecule has 6 nitrogen and oxygen atoms in total. The van der Waals surface area contributed by atoms with Crippen molar-refractivity contribution in [1.82, 2.24) is 4.90 Å². The van der Waals surface area contributed by atoms with Crippen LogP contribution in [0.2, 0.25) is 0 Å². The first-order valence-electron chi connectivity index (χ1n) is 10.5. The van der Waals surface area contributed by atoms with Gasteiger partial charge in [-0.2, -0.15) is 5.10 Å². The van der Waals surface area contributed by atoms with Crippen LogP contribution >= 0.6 is 0 Å². The van der Waals surface area contributed by atoms with Crippen LogP contribution < -0.4 is 9.91 Å². The van der Waals surface area contributed by atoms with Gasteiger partial charge >= 0.3 is 0 Å². The molecule has 2 aromatic rings. The second kappa shape index (κ2) is 8.69. The molecule has 156 valence electrons. The van der Waals surface area contributed by atoms with Gasteiger partial charge in [-0.05, 0) is 43.5 Å². The van der Waals surface area contributed by atoms with E-state index in [9.17, 15) is 9.59 Å². The lowest BCUT2D eigenvalue weighted by Gasteiger charge is -2.24. The fourth-order valence-electron chi connectivity index (χ4n) is 4.23. The Labute approximate surface area is 177 Å². The molecule has 0 aliphatic carbocycles. The summed E-state index contributed by atoms with van der Waals surface area (Å²) in [5.41, 5.74) is 3.59. The minimum atomic E-state index is -0.434. The summed E-state index contributed by atoms with van der Waals surface area (Å²) in [7, 11) is 1.81. The molecule has 0 aromatic heterocycles. The second-order valence-electron chi connectivity index (χ2n) is 8.04. The normalized spacial score (nSPS) is 18.5. The average Bonchev–Trinajstić information content (AvgIpc) is 3.44. The monoisotopic (exact) mass is 404 g/mol. The van der Waals surface area contributed by atoms with Crippen LogP contribution in [0.4, 0.5) is 11.4 Å². The van der Waals surface area contributed by atoms with Gasteiger partial charge in [0.2, 0.25) is 0 Å². The Morgan fingerprint density at radius 2 is 1.70 bits per heavy atom. The number of para-hydroxylation sites is 2. The zero-order valence-corrected chi connectivity index (χ0v) is 17.6. The van der Waals surface area contributed by atoms with E-state index in [0.717, 1.165) is 24.3 Å². The molecule has 30 heavy (non-hydrogen) atoms. The number of benzene rings is 2. The van der Waals surface area contributed by atoms with Crippen molar-refractivity contribution in [1.29, 1.82) is 0 Å². The molecule has 1 atom stereocenters. The highest BCUT2D eigenvalue weighted by molar-refractivity contribution is 6.40. The number of hydrogen-bond donors (Lipinski definition) is 0. The maximum Gasteiger partial charge on any atom is 0.270 e. The van der Waals surface area contributed by atoms with Crippen LogP contribution in [0.5, 0.6) is 0 Å². The van der Waals surface area contributed by atoms with Gasteiger partial charge < -0.3 is 9.80 Å². The summed E-state index contributed by atoms with van der Waals surface area (Å²) in [6.07, 6.45) is 2.75. The van der Waals surface area contributed by atoms with Crippen LogP contribution in [0.25, 0.3) is 0 Å². The van der Waals surface area contributed by atoms with Gasteiger partial charge in [-0.15, -0.1) is 0 Å². The van der Waals surface area contributed by atoms with Gasteiger partial charge in [-0.25, -0.2) is 0 Å². The Morgan fingerprint density at radius 3 is 2.40 bits per heavy atom. The third-order valence-electron chi connectivity index (χ3n) is 5.84. The third-order valence-corrected chi connectivity index (χ3v) is 5.84. The Morgan fingerprint density at radius 1 is 1.03 bits per heavy atom. The number of Topliss-reactive ketones (excluding diaryl/α,β-unsaturated/α-hetero) is 1. The van der Waals surface area contributed by atoms with Gasteiger partial charge in [-0.1, -0.05) is 36.4 Å². The Bertz CT molecular complexity index is 951. The lowest BCUT2D eigenvalue weighted by atomic mass is 10.1. The summed E-state index contributed by atoms with van der Waals surface area (Å²) in [6.45, 7) is 4.20. The summed E-state index contributed by atoms with van der Waals surface area (Å²) in [6, 6.07) is 17.4. The zero-order chi connectivity index (χ0) is 21.1. The standard InChI is InChI=1S/C24H28N4O2/c1-18(29)23-16-21(25-28(23)20-11-4-3-5-12-20)24(30)26(2)17-19-10-6-7-13-22(19)27-14-8-9-15-27/h3-7,10-13,23H,8-9,14-17H2,1-2H3. The smallest absolute Gasteiger partial charge is 0.270 e. The summed E-state index contributed by atoms with van der Waals surface area (Å²) in [5, 5.41) is 6.23. The number of ketones is 1. The van der Waals surface area contributed by atoms with Crippen molar-refractivity contribution in [3.63, 3.8) is 0 Å². The van der Waals surface area contributed by atoms with Crippen molar-refractivity contribution in [2.45, 2.75) is 38.8 Å².